The molecule has 1 aromatic carbocycles. The van der Waals surface area contributed by atoms with Crippen molar-refractivity contribution in [2.75, 3.05) is 25.5 Å². The average Bonchev–Trinajstić information content (AvgIpc) is 2.37. The molecule has 0 radical (unpaired) electrons. The van der Waals surface area contributed by atoms with E-state index in [0.29, 0.717) is 5.92 Å². The van der Waals surface area contributed by atoms with E-state index >= 15 is 0 Å². The van der Waals surface area contributed by atoms with Crippen LogP contribution in [0, 0.1) is 12.8 Å². The second kappa shape index (κ2) is 5.42. The number of rotatable bonds is 2. The minimum Gasteiger partial charge on any atom is -0.388 e. The van der Waals surface area contributed by atoms with Crippen molar-refractivity contribution >= 4 is 11.6 Å². The number of nitrogens with one attached hydrogen (secondary N) is 1. The smallest absolute Gasteiger partial charge is 0.254 e. The van der Waals surface area contributed by atoms with Crippen LogP contribution in [0.5, 0.6) is 0 Å². The lowest BCUT2D eigenvalue weighted by Gasteiger charge is -2.31. The van der Waals surface area contributed by atoms with E-state index in [-0.39, 0.29) is 5.91 Å². The summed E-state index contributed by atoms with van der Waals surface area (Å²) in [5.41, 5.74) is 2.93. The molecule has 1 heterocycles. The Hall–Kier alpha value is -1.51. The van der Waals surface area contributed by atoms with Crippen LogP contribution in [0.15, 0.2) is 18.2 Å². The van der Waals surface area contributed by atoms with Crippen molar-refractivity contribution in [2.45, 2.75) is 26.7 Å². The maximum atomic E-state index is 12.5. The third-order valence-electron chi connectivity index (χ3n) is 3.69. The molecular formula is C15H22N2O. The van der Waals surface area contributed by atoms with Crippen LogP contribution in [0.3, 0.4) is 0 Å². The summed E-state index contributed by atoms with van der Waals surface area (Å²) in [6.07, 6.45) is 2.36. The number of aryl methyl sites for hydroxylation is 1. The number of hydrogen-bond acceptors (Lipinski definition) is 2. The van der Waals surface area contributed by atoms with Gasteiger partial charge in [0.05, 0.1) is 0 Å². The molecule has 1 aliphatic heterocycles. The predicted octanol–water partition coefficient (Wildman–Crippen LogP) is 2.91. The molecule has 3 heteroatoms. The Morgan fingerprint density at radius 2 is 2.22 bits per heavy atom. The topological polar surface area (TPSA) is 32.3 Å². The molecule has 0 aliphatic carbocycles. The van der Waals surface area contributed by atoms with Crippen LogP contribution < -0.4 is 5.32 Å². The van der Waals surface area contributed by atoms with Gasteiger partial charge >= 0.3 is 0 Å². The van der Waals surface area contributed by atoms with E-state index in [9.17, 15) is 4.79 Å². The van der Waals surface area contributed by atoms with Crippen molar-refractivity contribution in [1.29, 1.82) is 0 Å². The number of carbonyl (C=O) groups excluding carboxylic acids is 1. The number of piperidine rings is 1. The number of anilines is 1. The molecule has 0 aromatic heterocycles. The molecule has 0 saturated carbocycles. The zero-order valence-corrected chi connectivity index (χ0v) is 11.5. The fourth-order valence-electron chi connectivity index (χ4n) is 2.60. The highest BCUT2D eigenvalue weighted by Crippen LogP contribution is 2.21. The molecule has 1 amide bonds. The van der Waals surface area contributed by atoms with Gasteiger partial charge in [0.2, 0.25) is 0 Å². The summed E-state index contributed by atoms with van der Waals surface area (Å²) in [7, 11) is 1.89. The first-order valence-electron chi connectivity index (χ1n) is 6.69. The van der Waals surface area contributed by atoms with E-state index in [1.807, 2.05) is 37.1 Å². The number of hydrogen-bond donors (Lipinski definition) is 1. The van der Waals surface area contributed by atoms with Crippen molar-refractivity contribution in [3.05, 3.63) is 29.3 Å². The first kappa shape index (κ1) is 12.9. The Balaban J connectivity index is 2.17. The Morgan fingerprint density at radius 1 is 1.44 bits per heavy atom. The molecule has 1 N–H and O–H groups in total. The zero-order valence-electron chi connectivity index (χ0n) is 11.5. The van der Waals surface area contributed by atoms with Crippen LogP contribution in [0.4, 0.5) is 5.69 Å². The van der Waals surface area contributed by atoms with Gasteiger partial charge in [0.15, 0.2) is 0 Å². The van der Waals surface area contributed by atoms with Gasteiger partial charge in [0.25, 0.3) is 5.91 Å². The minimum absolute atomic E-state index is 0.182. The number of benzene rings is 1. The maximum Gasteiger partial charge on any atom is 0.254 e. The monoisotopic (exact) mass is 246 g/mol. The van der Waals surface area contributed by atoms with Crippen LogP contribution in [0.25, 0.3) is 0 Å². The molecule has 2 rings (SSSR count). The molecule has 1 aromatic rings. The predicted molar refractivity (Wildman–Crippen MR) is 75.0 cm³/mol. The minimum atomic E-state index is 0.182. The van der Waals surface area contributed by atoms with Crippen molar-refractivity contribution < 1.29 is 4.79 Å². The summed E-state index contributed by atoms with van der Waals surface area (Å²) >= 11 is 0. The van der Waals surface area contributed by atoms with Crippen LogP contribution in [0.2, 0.25) is 0 Å². The number of amides is 1. The molecule has 1 saturated heterocycles. The molecule has 98 valence electrons. The Morgan fingerprint density at radius 3 is 2.83 bits per heavy atom. The largest absolute Gasteiger partial charge is 0.388 e. The van der Waals surface area contributed by atoms with Gasteiger partial charge in [0.1, 0.15) is 0 Å². The van der Waals surface area contributed by atoms with Crippen molar-refractivity contribution in [3.63, 3.8) is 0 Å². The molecule has 18 heavy (non-hydrogen) atoms. The van der Waals surface area contributed by atoms with Crippen molar-refractivity contribution in [3.8, 4) is 0 Å². The van der Waals surface area contributed by atoms with Gasteiger partial charge in [-0.1, -0.05) is 6.92 Å². The molecule has 1 unspecified atom stereocenters. The van der Waals surface area contributed by atoms with Crippen molar-refractivity contribution in [2.24, 2.45) is 5.92 Å². The lowest BCUT2D eigenvalue weighted by molar-refractivity contribution is 0.0682. The lowest BCUT2D eigenvalue weighted by Crippen LogP contribution is -2.39. The quantitative estimate of drug-likeness (QED) is 0.870. The zero-order chi connectivity index (χ0) is 13.1. The third-order valence-corrected chi connectivity index (χ3v) is 3.69. The first-order valence-corrected chi connectivity index (χ1v) is 6.69. The molecule has 1 aliphatic rings. The molecular weight excluding hydrogens is 224 g/mol. The number of carbonyl (C=O) groups is 1. The fraction of sp³-hybridized carbons (Fsp3) is 0.533. The summed E-state index contributed by atoms with van der Waals surface area (Å²) in [6, 6.07) is 5.93. The van der Waals surface area contributed by atoms with Gasteiger partial charge in [-0.2, -0.15) is 0 Å². The Bertz CT molecular complexity index is 442. The van der Waals surface area contributed by atoms with Gasteiger partial charge in [-0.3, -0.25) is 4.79 Å². The number of nitrogens with zero attached hydrogens (tertiary/aromatic N) is 1. The number of likely N-dealkylation sites (tertiary alicyclic amines) is 1. The van der Waals surface area contributed by atoms with Gasteiger partial charge in [0, 0.05) is 31.4 Å². The normalized spacial score (nSPS) is 19.7. The van der Waals surface area contributed by atoms with Gasteiger partial charge in [-0.25, -0.2) is 0 Å². The highest BCUT2D eigenvalue weighted by atomic mass is 16.2. The SMILES string of the molecule is CNc1ccc(C(=O)N2CCCC(C)C2)c(C)c1. The third kappa shape index (κ3) is 2.66. The van der Waals surface area contributed by atoms with Gasteiger partial charge in [-0.15, -0.1) is 0 Å². The van der Waals surface area contributed by atoms with Crippen molar-refractivity contribution in [1.82, 2.24) is 4.90 Å². The van der Waals surface area contributed by atoms with E-state index in [4.69, 9.17) is 0 Å². The highest BCUT2D eigenvalue weighted by Gasteiger charge is 2.22. The molecule has 0 bridgehead atoms. The van der Waals surface area contributed by atoms with Gasteiger partial charge in [-0.05, 0) is 49.4 Å². The van der Waals surface area contributed by atoms with E-state index in [2.05, 4.69) is 12.2 Å². The van der Waals surface area contributed by atoms with E-state index in [0.717, 1.165) is 36.3 Å². The standard InChI is InChI=1S/C15H22N2O/c1-11-5-4-8-17(10-11)15(18)14-7-6-13(16-3)9-12(14)2/h6-7,9,11,16H,4-5,8,10H2,1-3H3. The molecule has 1 atom stereocenters. The van der Waals surface area contributed by atoms with E-state index in [1.165, 1.54) is 6.42 Å². The summed E-state index contributed by atoms with van der Waals surface area (Å²) < 4.78 is 0. The summed E-state index contributed by atoms with van der Waals surface area (Å²) in [6.45, 7) is 6.01. The second-order valence-electron chi connectivity index (χ2n) is 5.28. The summed E-state index contributed by atoms with van der Waals surface area (Å²) in [4.78, 5) is 14.5. The van der Waals surface area contributed by atoms with Crippen LogP contribution >= 0.6 is 0 Å². The van der Waals surface area contributed by atoms with Crippen LogP contribution in [-0.2, 0) is 0 Å². The maximum absolute atomic E-state index is 12.5. The van der Waals surface area contributed by atoms with E-state index in [1.54, 1.807) is 0 Å². The highest BCUT2D eigenvalue weighted by molar-refractivity contribution is 5.96. The first-order chi connectivity index (χ1) is 8.61. The fourth-order valence-corrected chi connectivity index (χ4v) is 2.60. The van der Waals surface area contributed by atoms with E-state index < -0.39 is 0 Å². The average molecular weight is 246 g/mol. The summed E-state index contributed by atoms with van der Waals surface area (Å²) in [5, 5.41) is 3.10. The van der Waals surface area contributed by atoms with Gasteiger partial charge < -0.3 is 10.2 Å². The lowest BCUT2D eigenvalue weighted by atomic mass is 9.98. The molecule has 3 nitrogen and oxygen atoms in total. The molecule has 0 spiro atoms. The van der Waals surface area contributed by atoms with Crippen LogP contribution in [-0.4, -0.2) is 30.9 Å². The Labute approximate surface area is 109 Å². The second-order valence-corrected chi connectivity index (χ2v) is 5.28. The van der Waals surface area contributed by atoms with Crippen LogP contribution in [0.1, 0.15) is 35.7 Å². The Kier molecular flexibility index (Phi) is 3.90. The summed E-state index contributed by atoms with van der Waals surface area (Å²) in [5.74, 6) is 0.807. The molecule has 1 fully saturated rings.